The normalized spacial score (nSPS) is 18.0. The SMILES string of the molecule is O=C1CCCN1c1ccc(CN2CC(=O)N(Cc3ccccc3F)c3ccccc3S2(=O)=O)cc1. The van der Waals surface area contributed by atoms with Gasteiger partial charge in [0.15, 0.2) is 0 Å². The van der Waals surface area contributed by atoms with Crippen molar-refractivity contribution < 1.29 is 22.4 Å². The van der Waals surface area contributed by atoms with Crippen molar-refractivity contribution in [3.05, 3.63) is 89.7 Å². The van der Waals surface area contributed by atoms with Gasteiger partial charge in [-0.05, 0) is 42.3 Å². The minimum atomic E-state index is -4.01. The number of benzene rings is 3. The van der Waals surface area contributed by atoms with Crippen molar-refractivity contribution in [3.8, 4) is 0 Å². The Morgan fingerprint density at radius 1 is 0.829 bits per heavy atom. The summed E-state index contributed by atoms with van der Waals surface area (Å²) in [6.45, 7) is 0.203. The minimum Gasteiger partial charge on any atom is -0.312 e. The maximum atomic E-state index is 14.3. The van der Waals surface area contributed by atoms with Crippen LogP contribution in [0.3, 0.4) is 0 Å². The van der Waals surface area contributed by atoms with Crippen LogP contribution in [0.2, 0.25) is 0 Å². The molecule has 180 valence electrons. The highest BCUT2D eigenvalue weighted by atomic mass is 32.2. The third-order valence-corrected chi connectivity index (χ3v) is 8.19. The third kappa shape index (κ3) is 4.44. The van der Waals surface area contributed by atoms with Crippen LogP contribution in [0.15, 0.2) is 77.7 Å². The molecule has 5 rings (SSSR count). The lowest BCUT2D eigenvalue weighted by Crippen LogP contribution is -2.39. The first kappa shape index (κ1) is 23.2. The molecule has 3 aromatic rings. The first-order valence-electron chi connectivity index (χ1n) is 11.4. The van der Waals surface area contributed by atoms with Crippen molar-refractivity contribution >= 4 is 33.2 Å². The summed E-state index contributed by atoms with van der Waals surface area (Å²) in [6, 6.07) is 19.6. The van der Waals surface area contributed by atoms with Crippen LogP contribution in [-0.4, -0.2) is 37.6 Å². The molecule has 1 fully saturated rings. The van der Waals surface area contributed by atoms with Crippen LogP contribution in [-0.2, 0) is 32.7 Å². The van der Waals surface area contributed by atoms with E-state index in [2.05, 4.69) is 0 Å². The number of amides is 2. The third-order valence-electron chi connectivity index (χ3n) is 6.35. The molecule has 0 aliphatic carbocycles. The maximum absolute atomic E-state index is 14.3. The van der Waals surface area contributed by atoms with Gasteiger partial charge in [-0.1, -0.05) is 42.5 Å². The monoisotopic (exact) mass is 493 g/mol. The number of para-hydroxylation sites is 1. The van der Waals surface area contributed by atoms with E-state index in [9.17, 15) is 22.4 Å². The molecule has 2 aliphatic heterocycles. The molecular formula is C26H24FN3O4S. The number of nitrogens with zero attached hydrogens (tertiary/aromatic N) is 3. The van der Waals surface area contributed by atoms with Crippen molar-refractivity contribution in [2.24, 2.45) is 0 Å². The molecular weight excluding hydrogens is 469 g/mol. The van der Waals surface area contributed by atoms with Crippen LogP contribution in [0.4, 0.5) is 15.8 Å². The lowest BCUT2D eigenvalue weighted by Gasteiger charge is -2.22. The van der Waals surface area contributed by atoms with E-state index >= 15 is 0 Å². The highest BCUT2D eigenvalue weighted by Gasteiger charge is 2.37. The summed E-state index contributed by atoms with van der Waals surface area (Å²) in [5, 5.41) is 0. The molecule has 9 heteroatoms. The number of hydrogen-bond donors (Lipinski definition) is 0. The molecule has 0 radical (unpaired) electrons. The molecule has 0 atom stereocenters. The fourth-order valence-corrected chi connectivity index (χ4v) is 6.08. The number of fused-ring (bicyclic) bond motifs is 1. The van der Waals surface area contributed by atoms with Gasteiger partial charge in [0.1, 0.15) is 10.7 Å². The standard InChI is InChI=1S/C26H24FN3O4S/c27-22-7-2-1-6-20(22)17-30-23-8-3-4-9-24(23)35(33,34)28(18-26(30)32)16-19-11-13-21(14-12-19)29-15-5-10-25(29)31/h1-4,6-9,11-14H,5,10,15-18H2. The predicted molar refractivity (Wildman–Crippen MR) is 130 cm³/mol. The van der Waals surface area contributed by atoms with Crippen LogP contribution in [0.25, 0.3) is 0 Å². The Hall–Kier alpha value is -3.56. The summed E-state index contributed by atoms with van der Waals surface area (Å²) in [7, 11) is -4.01. The second kappa shape index (κ2) is 9.24. The number of anilines is 2. The van der Waals surface area contributed by atoms with Crippen LogP contribution in [0, 0.1) is 5.82 Å². The number of carbonyl (C=O) groups excluding carboxylic acids is 2. The molecule has 2 heterocycles. The molecule has 0 unspecified atom stereocenters. The van der Waals surface area contributed by atoms with Crippen molar-refractivity contribution in [2.45, 2.75) is 30.8 Å². The van der Waals surface area contributed by atoms with E-state index in [0.717, 1.165) is 16.4 Å². The van der Waals surface area contributed by atoms with E-state index in [1.165, 1.54) is 17.0 Å². The topological polar surface area (TPSA) is 78.0 Å². The maximum Gasteiger partial charge on any atom is 0.245 e. The molecule has 0 N–H and O–H groups in total. The predicted octanol–water partition coefficient (Wildman–Crippen LogP) is 3.69. The fourth-order valence-electron chi connectivity index (χ4n) is 4.51. The zero-order valence-corrected chi connectivity index (χ0v) is 19.7. The number of rotatable bonds is 5. The number of halogens is 1. The van der Waals surface area contributed by atoms with Crippen molar-refractivity contribution in [3.63, 3.8) is 0 Å². The zero-order valence-electron chi connectivity index (χ0n) is 18.9. The Kier molecular flexibility index (Phi) is 6.12. The van der Waals surface area contributed by atoms with E-state index in [4.69, 9.17) is 0 Å². The van der Waals surface area contributed by atoms with E-state index < -0.39 is 21.7 Å². The van der Waals surface area contributed by atoms with Gasteiger partial charge in [-0.2, -0.15) is 4.31 Å². The van der Waals surface area contributed by atoms with Gasteiger partial charge in [0.05, 0.1) is 18.8 Å². The second-order valence-electron chi connectivity index (χ2n) is 8.63. The molecule has 2 amide bonds. The van der Waals surface area contributed by atoms with Gasteiger partial charge < -0.3 is 9.80 Å². The molecule has 0 saturated carbocycles. The second-order valence-corrected chi connectivity index (χ2v) is 10.5. The summed E-state index contributed by atoms with van der Waals surface area (Å²) in [6.07, 6.45) is 1.34. The Morgan fingerprint density at radius 3 is 2.26 bits per heavy atom. The van der Waals surface area contributed by atoms with Gasteiger partial charge in [0.2, 0.25) is 21.8 Å². The van der Waals surface area contributed by atoms with Crippen LogP contribution < -0.4 is 9.80 Å². The Bertz CT molecular complexity index is 1390. The fraction of sp³-hybridized carbons (Fsp3) is 0.231. The number of carbonyl (C=O) groups is 2. The van der Waals surface area contributed by atoms with E-state index in [1.54, 1.807) is 65.6 Å². The van der Waals surface area contributed by atoms with E-state index in [-0.39, 0.29) is 36.1 Å². The summed E-state index contributed by atoms with van der Waals surface area (Å²) >= 11 is 0. The van der Waals surface area contributed by atoms with Crippen molar-refractivity contribution in [2.75, 3.05) is 22.9 Å². The van der Waals surface area contributed by atoms with Crippen molar-refractivity contribution in [1.29, 1.82) is 0 Å². The van der Waals surface area contributed by atoms with Crippen LogP contribution >= 0.6 is 0 Å². The average Bonchev–Trinajstić information content (AvgIpc) is 3.26. The van der Waals surface area contributed by atoms with Crippen LogP contribution in [0.5, 0.6) is 0 Å². The first-order valence-corrected chi connectivity index (χ1v) is 12.8. The zero-order chi connectivity index (χ0) is 24.6. The van der Waals surface area contributed by atoms with Gasteiger partial charge in [0.25, 0.3) is 0 Å². The lowest BCUT2D eigenvalue weighted by molar-refractivity contribution is -0.119. The molecule has 1 saturated heterocycles. The first-order chi connectivity index (χ1) is 16.8. The smallest absolute Gasteiger partial charge is 0.245 e. The Balaban J connectivity index is 1.45. The summed E-state index contributed by atoms with van der Waals surface area (Å²) in [5.74, 6) is -0.829. The Morgan fingerprint density at radius 2 is 1.54 bits per heavy atom. The van der Waals surface area contributed by atoms with Gasteiger partial charge >= 0.3 is 0 Å². The van der Waals surface area contributed by atoms with Gasteiger partial charge in [-0.25, -0.2) is 12.8 Å². The van der Waals surface area contributed by atoms with E-state index in [1.807, 2.05) is 0 Å². The highest BCUT2D eigenvalue weighted by molar-refractivity contribution is 7.89. The molecule has 3 aromatic carbocycles. The lowest BCUT2D eigenvalue weighted by atomic mass is 10.1. The molecule has 0 spiro atoms. The van der Waals surface area contributed by atoms with Gasteiger partial charge in [-0.3, -0.25) is 9.59 Å². The van der Waals surface area contributed by atoms with Crippen LogP contribution in [0.1, 0.15) is 24.0 Å². The van der Waals surface area contributed by atoms with Gasteiger partial charge in [-0.15, -0.1) is 0 Å². The molecule has 0 bridgehead atoms. The molecule has 2 aliphatic rings. The summed E-state index contributed by atoms with van der Waals surface area (Å²) in [5.41, 5.74) is 1.99. The number of hydrogen-bond acceptors (Lipinski definition) is 4. The molecule has 0 aromatic heterocycles. The van der Waals surface area contributed by atoms with Crippen molar-refractivity contribution in [1.82, 2.24) is 4.31 Å². The van der Waals surface area contributed by atoms with Gasteiger partial charge in [0, 0.05) is 30.8 Å². The number of sulfonamides is 1. The summed E-state index contributed by atoms with van der Waals surface area (Å²) < 4.78 is 42.6. The minimum absolute atomic E-state index is 0.00136. The quantitative estimate of drug-likeness (QED) is 0.543. The molecule has 35 heavy (non-hydrogen) atoms. The molecule has 7 nitrogen and oxygen atoms in total. The average molecular weight is 494 g/mol. The highest BCUT2D eigenvalue weighted by Crippen LogP contribution is 2.33. The van der Waals surface area contributed by atoms with E-state index in [0.29, 0.717) is 24.1 Å². The largest absolute Gasteiger partial charge is 0.312 e. The Labute approximate surface area is 203 Å². The summed E-state index contributed by atoms with van der Waals surface area (Å²) in [4.78, 5) is 28.4.